The summed E-state index contributed by atoms with van der Waals surface area (Å²) >= 11 is 5.93. The molecule has 0 unspecified atom stereocenters. The average molecular weight is 429 g/mol. The topological polar surface area (TPSA) is 66.2 Å². The lowest BCUT2D eigenvalue weighted by molar-refractivity contribution is 0.102. The number of nitrogens with zero attached hydrogens (tertiary/aromatic N) is 2. The highest BCUT2D eigenvalue weighted by Gasteiger charge is 2.16. The minimum Gasteiger partial charge on any atom is -0.492 e. The summed E-state index contributed by atoms with van der Waals surface area (Å²) in [6.07, 6.45) is 0. The van der Waals surface area contributed by atoms with Gasteiger partial charge in [-0.25, -0.2) is 4.79 Å². The molecule has 30 heavy (non-hydrogen) atoms. The smallest absolute Gasteiger partial charge is 0.344 e. The Balaban J connectivity index is 1.38. The van der Waals surface area contributed by atoms with Crippen LogP contribution in [-0.4, -0.2) is 67.4 Å². The van der Waals surface area contributed by atoms with E-state index in [0.717, 1.165) is 50.2 Å². The van der Waals surface area contributed by atoms with Crippen LogP contribution in [0, 0.1) is 0 Å². The molecular weight excluding hydrogens is 404 g/mol. The maximum Gasteiger partial charge on any atom is 0.344 e. The second-order valence-electron chi connectivity index (χ2n) is 7.41. The highest BCUT2D eigenvalue weighted by atomic mass is 35.5. The largest absolute Gasteiger partial charge is 0.492 e. The van der Waals surface area contributed by atoms with E-state index < -0.39 is 0 Å². The van der Waals surface area contributed by atoms with Crippen molar-refractivity contribution in [2.45, 2.75) is 0 Å². The average Bonchev–Trinajstić information content (AvgIpc) is 2.75. The van der Waals surface area contributed by atoms with Crippen molar-refractivity contribution in [3.05, 3.63) is 64.0 Å². The molecule has 0 bridgehead atoms. The Bertz CT molecular complexity index is 1040. The molecule has 3 aromatic rings. The summed E-state index contributed by atoms with van der Waals surface area (Å²) in [6, 6.07) is 14.5. The molecule has 1 aliphatic heterocycles. The first-order valence-corrected chi connectivity index (χ1v) is 10.5. The molecule has 4 rings (SSSR count). The zero-order valence-corrected chi connectivity index (χ0v) is 17.5. The molecule has 1 fully saturated rings. The van der Waals surface area contributed by atoms with Crippen molar-refractivity contribution in [3.63, 3.8) is 0 Å². The van der Waals surface area contributed by atoms with E-state index in [1.165, 1.54) is 0 Å². The number of piperazine rings is 1. The van der Waals surface area contributed by atoms with Gasteiger partial charge in [-0.2, -0.15) is 0 Å². The van der Waals surface area contributed by atoms with Gasteiger partial charge in [-0.05, 0) is 35.9 Å². The first kappa shape index (κ1) is 20.9. The van der Waals surface area contributed by atoms with Crippen molar-refractivity contribution in [2.75, 3.05) is 52.5 Å². The highest BCUT2D eigenvalue weighted by Crippen LogP contribution is 2.25. The lowest BCUT2D eigenvalue weighted by atomic mass is 10.1. The minimum atomic E-state index is -0.386. The van der Waals surface area contributed by atoms with Gasteiger partial charge in [-0.1, -0.05) is 23.7 Å². The quantitative estimate of drug-likeness (QED) is 0.583. The number of hydrogen-bond donors (Lipinski definition) is 1. The lowest BCUT2D eigenvalue weighted by Crippen LogP contribution is -2.48. The van der Waals surface area contributed by atoms with E-state index in [-0.39, 0.29) is 12.2 Å². The van der Waals surface area contributed by atoms with Crippen LogP contribution >= 0.6 is 11.6 Å². The highest BCUT2D eigenvalue weighted by molar-refractivity contribution is 6.30. The van der Waals surface area contributed by atoms with Crippen LogP contribution in [0.3, 0.4) is 0 Å². The van der Waals surface area contributed by atoms with E-state index in [9.17, 15) is 4.79 Å². The third-order valence-corrected chi connectivity index (χ3v) is 5.67. The SMILES string of the molecule is O=c1oc2cc(OCCN3CCN(CCO)CC3)ccc2cc1-c1ccc(Cl)cc1. The van der Waals surface area contributed by atoms with Crippen LogP contribution < -0.4 is 10.4 Å². The van der Waals surface area contributed by atoms with Crippen LogP contribution in [0.15, 0.2) is 57.7 Å². The van der Waals surface area contributed by atoms with Crippen LogP contribution in [-0.2, 0) is 0 Å². The number of benzene rings is 2. The van der Waals surface area contributed by atoms with Gasteiger partial charge < -0.3 is 14.3 Å². The van der Waals surface area contributed by atoms with E-state index in [4.69, 9.17) is 25.9 Å². The van der Waals surface area contributed by atoms with Crippen molar-refractivity contribution in [1.82, 2.24) is 9.80 Å². The first-order valence-electron chi connectivity index (χ1n) is 10.1. The van der Waals surface area contributed by atoms with Gasteiger partial charge in [0.25, 0.3) is 0 Å². The van der Waals surface area contributed by atoms with Gasteiger partial charge in [0.1, 0.15) is 17.9 Å². The number of fused-ring (bicyclic) bond motifs is 1. The molecule has 0 atom stereocenters. The zero-order valence-electron chi connectivity index (χ0n) is 16.7. The molecule has 1 N–H and O–H groups in total. The van der Waals surface area contributed by atoms with Crippen LogP contribution in [0.4, 0.5) is 0 Å². The number of β-amino-alcohol motifs (C(OH)–C–C–N with tert-alkyl or cyclic N) is 1. The number of aliphatic hydroxyl groups excluding tert-OH is 1. The molecule has 158 valence electrons. The Hall–Kier alpha value is -2.38. The molecular formula is C23H25ClN2O4. The van der Waals surface area contributed by atoms with E-state index in [1.54, 1.807) is 18.2 Å². The van der Waals surface area contributed by atoms with Crippen molar-refractivity contribution >= 4 is 22.6 Å². The van der Waals surface area contributed by atoms with Gasteiger partial charge in [-0.3, -0.25) is 9.80 Å². The monoisotopic (exact) mass is 428 g/mol. The summed E-state index contributed by atoms with van der Waals surface area (Å²) in [5.41, 5.74) is 1.40. The summed E-state index contributed by atoms with van der Waals surface area (Å²) in [7, 11) is 0. The zero-order chi connectivity index (χ0) is 20.9. The molecule has 2 heterocycles. The lowest BCUT2D eigenvalue weighted by Gasteiger charge is -2.34. The van der Waals surface area contributed by atoms with Crippen molar-refractivity contribution in [3.8, 4) is 16.9 Å². The predicted octanol–water partition coefficient (Wildman–Crippen LogP) is 3.10. The van der Waals surface area contributed by atoms with Gasteiger partial charge in [0.2, 0.25) is 0 Å². The standard InChI is InChI=1S/C23H25ClN2O4/c24-19-4-1-17(2-5-19)21-15-18-3-6-20(16-22(18)30-23(21)28)29-14-12-26-9-7-25(8-10-26)11-13-27/h1-6,15-16,27H,7-14H2. The molecule has 7 heteroatoms. The Labute approximate surface area is 180 Å². The van der Waals surface area contributed by atoms with E-state index in [1.807, 2.05) is 30.3 Å². The van der Waals surface area contributed by atoms with Crippen LogP contribution in [0.5, 0.6) is 5.75 Å². The van der Waals surface area contributed by atoms with Gasteiger partial charge >= 0.3 is 5.63 Å². The van der Waals surface area contributed by atoms with Crippen molar-refractivity contribution < 1.29 is 14.3 Å². The summed E-state index contributed by atoms with van der Waals surface area (Å²) in [6.45, 7) is 6.25. The van der Waals surface area contributed by atoms with Gasteiger partial charge in [0.15, 0.2) is 0 Å². The molecule has 0 amide bonds. The number of hydrogen-bond acceptors (Lipinski definition) is 6. The molecule has 2 aromatic carbocycles. The second-order valence-corrected chi connectivity index (χ2v) is 7.85. The summed E-state index contributed by atoms with van der Waals surface area (Å²) in [5.74, 6) is 0.684. The second kappa shape index (κ2) is 9.62. The number of ether oxygens (including phenoxy) is 1. The molecule has 0 spiro atoms. The van der Waals surface area contributed by atoms with Crippen LogP contribution in [0.25, 0.3) is 22.1 Å². The fourth-order valence-electron chi connectivity index (χ4n) is 3.68. The maximum absolute atomic E-state index is 12.5. The molecule has 1 saturated heterocycles. The molecule has 6 nitrogen and oxygen atoms in total. The number of halogens is 1. The van der Waals surface area contributed by atoms with E-state index >= 15 is 0 Å². The number of rotatable bonds is 7. The third-order valence-electron chi connectivity index (χ3n) is 5.42. The molecule has 0 radical (unpaired) electrons. The molecule has 1 aromatic heterocycles. The fraction of sp³-hybridized carbons (Fsp3) is 0.348. The predicted molar refractivity (Wildman–Crippen MR) is 118 cm³/mol. The maximum atomic E-state index is 12.5. The minimum absolute atomic E-state index is 0.211. The Morgan fingerprint density at radius 1 is 0.967 bits per heavy atom. The first-order chi connectivity index (χ1) is 14.6. The summed E-state index contributed by atoms with van der Waals surface area (Å²) in [4.78, 5) is 17.1. The Morgan fingerprint density at radius 2 is 1.67 bits per heavy atom. The van der Waals surface area contributed by atoms with Crippen molar-refractivity contribution in [1.29, 1.82) is 0 Å². The van der Waals surface area contributed by atoms with Gasteiger partial charge in [-0.15, -0.1) is 0 Å². The molecule has 0 aliphatic carbocycles. The molecule has 1 aliphatic rings. The van der Waals surface area contributed by atoms with E-state index in [2.05, 4.69) is 9.80 Å². The fourth-order valence-corrected chi connectivity index (χ4v) is 3.81. The Morgan fingerprint density at radius 3 is 2.37 bits per heavy atom. The normalized spacial score (nSPS) is 15.5. The summed E-state index contributed by atoms with van der Waals surface area (Å²) in [5, 5.41) is 10.5. The Kier molecular flexibility index (Phi) is 6.69. The van der Waals surface area contributed by atoms with Crippen molar-refractivity contribution in [2.24, 2.45) is 0 Å². The molecule has 0 saturated carbocycles. The summed E-state index contributed by atoms with van der Waals surface area (Å²) < 4.78 is 11.4. The van der Waals surface area contributed by atoms with Crippen LogP contribution in [0.1, 0.15) is 0 Å². The van der Waals surface area contributed by atoms with Gasteiger partial charge in [0, 0.05) is 55.7 Å². The van der Waals surface area contributed by atoms with Crippen LogP contribution in [0.2, 0.25) is 5.02 Å². The van der Waals surface area contributed by atoms with E-state index in [0.29, 0.717) is 28.5 Å². The third kappa shape index (κ3) is 5.02. The van der Waals surface area contributed by atoms with Gasteiger partial charge in [0.05, 0.1) is 12.2 Å². The number of aliphatic hydroxyl groups is 1.